The smallest absolute Gasteiger partial charge is 0.255 e. The molecule has 18 heavy (non-hydrogen) atoms. The minimum atomic E-state index is -0.189. The van der Waals surface area contributed by atoms with Gasteiger partial charge in [-0.2, -0.15) is 0 Å². The van der Waals surface area contributed by atoms with Crippen molar-refractivity contribution in [1.29, 1.82) is 0 Å². The fourth-order valence-electron chi connectivity index (χ4n) is 1.63. The highest BCUT2D eigenvalue weighted by molar-refractivity contribution is 6.04. The van der Waals surface area contributed by atoms with Gasteiger partial charge in [-0.05, 0) is 49.2 Å². The van der Waals surface area contributed by atoms with Gasteiger partial charge in [-0.3, -0.25) is 9.78 Å². The number of pyridine rings is 1. The summed E-state index contributed by atoms with van der Waals surface area (Å²) in [5.74, 6) is 0.0417. The van der Waals surface area contributed by atoms with Gasteiger partial charge in [-0.1, -0.05) is 0 Å². The number of hydrogen-bond donors (Lipinski definition) is 2. The number of rotatable bonds is 2. The number of anilines is 1. The summed E-state index contributed by atoms with van der Waals surface area (Å²) < 4.78 is 0. The molecule has 92 valence electrons. The molecule has 2 N–H and O–H groups in total. The third kappa shape index (κ3) is 2.48. The standard InChI is InChI=1S/C14H14N2O2/c1-9-8-13(17)10(2)7-12(9)16-14(18)11-3-5-15-6-4-11/h3-8,17H,1-2H3,(H,16,18). The first-order valence-electron chi connectivity index (χ1n) is 5.59. The molecule has 1 heterocycles. The van der Waals surface area contributed by atoms with Crippen molar-refractivity contribution < 1.29 is 9.90 Å². The largest absolute Gasteiger partial charge is 0.508 e. The minimum Gasteiger partial charge on any atom is -0.508 e. The van der Waals surface area contributed by atoms with E-state index in [9.17, 15) is 9.90 Å². The van der Waals surface area contributed by atoms with Gasteiger partial charge in [-0.25, -0.2) is 0 Å². The van der Waals surface area contributed by atoms with Crippen LogP contribution in [-0.4, -0.2) is 16.0 Å². The van der Waals surface area contributed by atoms with Crippen LogP contribution in [0.15, 0.2) is 36.7 Å². The first-order valence-corrected chi connectivity index (χ1v) is 5.59. The highest BCUT2D eigenvalue weighted by Crippen LogP contribution is 2.25. The number of carbonyl (C=O) groups is 1. The molecule has 0 atom stereocenters. The van der Waals surface area contributed by atoms with E-state index < -0.39 is 0 Å². The SMILES string of the molecule is Cc1cc(NC(=O)c2ccncc2)c(C)cc1O. The van der Waals surface area contributed by atoms with E-state index in [1.165, 1.54) is 0 Å². The van der Waals surface area contributed by atoms with Crippen LogP contribution in [0.4, 0.5) is 5.69 Å². The van der Waals surface area contributed by atoms with Gasteiger partial charge in [0, 0.05) is 23.6 Å². The predicted molar refractivity (Wildman–Crippen MR) is 69.8 cm³/mol. The summed E-state index contributed by atoms with van der Waals surface area (Å²) in [6.45, 7) is 3.62. The lowest BCUT2D eigenvalue weighted by molar-refractivity contribution is 0.102. The van der Waals surface area contributed by atoms with Gasteiger partial charge in [0.1, 0.15) is 5.75 Å². The summed E-state index contributed by atoms with van der Waals surface area (Å²) >= 11 is 0. The number of nitrogens with zero attached hydrogens (tertiary/aromatic N) is 1. The van der Waals surface area contributed by atoms with Crippen molar-refractivity contribution in [3.8, 4) is 5.75 Å². The van der Waals surface area contributed by atoms with Crippen molar-refractivity contribution in [2.75, 3.05) is 5.32 Å². The molecule has 2 aromatic rings. The number of phenolic OH excluding ortho intramolecular Hbond substituents is 1. The second kappa shape index (κ2) is 4.87. The summed E-state index contributed by atoms with van der Waals surface area (Å²) in [7, 11) is 0. The van der Waals surface area contributed by atoms with Gasteiger partial charge >= 0.3 is 0 Å². The lowest BCUT2D eigenvalue weighted by Gasteiger charge is -2.10. The van der Waals surface area contributed by atoms with Crippen molar-refractivity contribution in [3.63, 3.8) is 0 Å². The Balaban J connectivity index is 2.25. The number of hydrogen-bond acceptors (Lipinski definition) is 3. The average Bonchev–Trinajstić information content (AvgIpc) is 2.37. The number of nitrogens with one attached hydrogen (secondary N) is 1. The lowest BCUT2D eigenvalue weighted by Crippen LogP contribution is -2.12. The van der Waals surface area contributed by atoms with E-state index in [1.807, 2.05) is 6.92 Å². The predicted octanol–water partition coefficient (Wildman–Crippen LogP) is 2.66. The molecule has 0 radical (unpaired) electrons. The molecule has 1 aromatic heterocycles. The van der Waals surface area contributed by atoms with Crippen LogP contribution >= 0.6 is 0 Å². The first kappa shape index (κ1) is 12.1. The molecular formula is C14H14N2O2. The molecule has 0 spiro atoms. The third-order valence-electron chi connectivity index (χ3n) is 2.73. The van der Waals surface area contributed by atoms with Crippen molar-refractivity contribution in [3.05, 3.63) is 53.3 Å². The van der Waals surface area contributed by atoms with Crippen molar-refractivity contribution in [2.24, 2.45) is 0 Å². The number of phenols is 1. The van der Waals surface area contributed by atoms with E-state index in [4.69, 9.17) is 0 Å². The fourth-order valence-corrected chi connectivity index (χ4v) is 1.63. The van der Waals surface area contributed by atoms with Crippen LogP contribution in [-0.2, 0) is 0 Å². The van der Waals surface area contributed by atoms with E-state index in [-0.39, 0.29) is 11.7 Å². The van der Waals surface area contributed by atoms with Crippen molar-refractivity contribution >= 4 is 11.6 Å². The molecule has 0 fully saturated rings. The molecule has 0 bridgehead atoms. The van der Waals surface area contributed by atoms with E-state index >= 15 is 0 Å². The minimum absolute atomic E-state index is 0.189. The Morgan fingerprint density at radius 2 is 1.83 bits per heavy atom. The van der Waals surface area contributed by atoms with E-state index in [2.05, 4.69) is 10.3 Å². The molecule has 0 aliphatic rings. The van der Waals surface area contributed by atoms with Crippen LogP contribution in [0.3, 0.4) is 0 Å². The lowest BCUT2D eigenvalue weighted by atomic mass is 10.1. The number of aromatic hydroxyl groups is 1. The molecule has 1 aromatic carbocycles. The number of aromatic nitrogens is 1. The Morgan fingerprint density at radius 1 is 1.17 bits per heavy atom. The zero-order valence-corrected chi connectivity index (χ0v) is 10.3. The quantitative estimate of drug-likeness (QED) is 0.796. The Hall–Kier alpha value is -2.36. The maximum atomic E-state index is 12.0. The fraction of sp³-hybridized carbons (Fsp3) is 0.143. The topological polar surface area (TPSA) is 62.2 Å². The van der Waals surface area contributed by atoms with Crippen LogP contribution in [0.2, 0.25) is 0 Å². The molecular weight excluding hydrogens is 228 g/mol. The maximum absolute atomic E-state index is 12.0. The summed E-state index contributed by atoms with van der Waals surface area (Å²) in [5.41, 5.74) is 2.80. The third-order valence-corrected chi connectivity index (χ3v) is 2.73. The zero-order chi connectivity index (χ0) is 13.1. The summed E-state index contributed by atoms with van der Waals surface area (Å²) in [6.07, 6.45) is 3.15. The number of amides is 1. The summed E-state index contributed by atoms with van der Waals surface area (Å²) in [6, 6.07) is 6.69. The summed E-state index contributed by atoms with van der Waals surface area (Å²) in [4.78, 5) is 15.8. The van der Waals surface area contributed by atoms with Gasteiger partial charge in [-0.15, -0.1) is 0 Å². The monoisotopic (exact) mass is 242 g/mol. The molecule has 0 aliphatic heterocycles. The molecule has 0 saturated heterocycles. The number of benzene rings is 1. The molecule has 1 amide bonds. The Morgan fingerprint density at radius 3 is 2.50 bits per heavy atom. The number of aryl methyl sites for hydroxylation is 2. The van der Waals surface area contributed by atoms with Gasteiger partial charge < -0.3 is 10.4 Å². The van der Waals surface area contributed by atoms with E-state index in [0.717, 1.165) is 11.1 Å². The molecule has 4 heteroatoms. The second-order valence-corrected chi connectivity index (χ2v) is 4.14. The van der Waals surface area contributed by atoms with Crippen molar-refractivity contribution in [2.45, 2.75) is 13.8 Å². The van der Waals surface area contributed by atoms with Crippen LogP contribution < -0.4 is 5.32 Å². The Labute approximate surface area is 105 Å². The van der Waals surface area contributed by atoms with Crippen LogP contribution in [0.1, 0.15) is 21.5 Å². The first-order chi connectivity index (χ1) is 8.58. The molecule has 0 saturated carbocycles. The summed E-state index contributed by atoms with van der Waals surface area (Å²) in [5, 5.41) is 12.4. The highest BCUT2D eigenvalue weighted by atomic mass is 16.3. The van der Waals surface area contributed by atoms with Crippen LogP contribution in [0.5, 0.6) is 5.75 Å². The normalized spacial score (nSPS) is 10.1. The van der Waals surface area contributed by atoms with Crippen LogP contribution in [0.25, 0.3) is 0 Å². The molecule has 4 nitrogen and oxygen atoms in total. The Kier molecular flexibility index (Phi) is 3.28. The number of carbonyl (C=O) groups excluding carboxylic acids is 1. The molecule has 2 rings (SSSR count). The second-order valence-electron chi connectivity index (χ2n) is 4.14. The van der Waals surface area contributed by atoms with E-state index in [0.29, 0.717) is 11.3 Å². The van der Waals surface area contributed by atoms with Crippen LogP contribution in [0, 0.1) is 13.8 Å². The van der Waals surface area contributed by atoms with Crippen molar-refractivity contribution in [1.82, 2.24) is 4.98 Å². The van der Waals surface area contributed by atoms with Gasteiger partial charge in [0.05, 0.1) is 0 Å². The zero-order valence-electron chi connectivity index (χ0n) is 10.3. The van der Waals surface area contributed by atoms with Gasteiger partial charge in [0.2, 0.25) is 0 Å². The molecule has 0 unspecified atom stereocenters. The van der Waals surface area contributed by atoms with Gasteiger partial charge in [0.15, 0.2) is 0 Å². The highest BCUT2D eigenvalue weighted by Gasteiger charge is 2.09. The average molecular weight is 242 g/mol. The Bertz CT molecular complexity index is 580. The maximum Gasteiger partial charge on any atom is 0.255 e. The molecule has 0 aliphatic carbocycles. The van der Waals surface area contributed by atoms with E-state index in [1.54, 1.807) is 43.6 Å². The van der Waals surface area contributed by atoms with Gasteiger partial charge in [0.25, 0.3) is 5.91 Å².